The Balaban J connectivity index is 2.10. The molecule has 0 aliphatic carbocycles. The molecule has 6 heteroatoms. The van der Waals surface area contributed by atoms with Crippen molar-refractivity contribution in [1.82, 2.24) is 4.90 Å². The van der Waals surface area contributed by atoms with Gasteiger partial charge in [0.2, 0.25) is 0 Å². The first-order valence-electron chi connectivity index (χ1n) is 7.19. The molecule has 0 atom stereocenters. The molecular formula is C15H20Cl2N2O2. The molecule has 1 aliphatic rings. The molecule has 0 aromatic heterocycles. The molecule has 0 spiro atoms. The van der Waals surface area contributed by atoms with Crippen molar-refractivity contribution in [2.75, 3.05) is 37.1 Å². The number of hydrogen-bond acceptors (Lipinski definition) is 3. The highest BCUT2D eigenvalue weighted by Crippen LogP contribution is 2.21. The van der Waals surface area contributed by atoms with Crippen LogP contribution in [0.25, 0.3) is 0 Å². The lowest BCUT2D eigenvalue weighted by Crippen LogP contribution is -2.44. The Morgan fingerprint density at radius 2 is 2.05 bits per heavy atom. The largest absolute Gasteiger partial charge is 0.448 e. The summed E-state index contributed by atoms with van der Waals surface area (Å²) in [4.78, 5) is 16.1. The second-order valence-electron chi connectivity index (χ2n) is 5.03. The fourth-order valence-electron chi connectivity index (χ4n) is 2.39. The lowest BCUT2D eigenvalue weighted by molar-refractivity contribution is 0.150. The fraction of sp³-hybridized carbons (Fsp3) is 0.533. The van der Waals surface area contributed by atoms with E-state index in [1.54, 1.807) is 17.0 Å². The van der Waals surface area contributed by atoms with E-state index < -0.39 is 0 Å². The maximum Gasteiger partial charge on any atom is 0.415 e. The van der Waals surface area contributed by atoms with E-state index in [0.29, 0.717) is 17.6 Å². The van der Waals surface area contributed by atoms with E-state index in [1.807, 2.05) is 12.1 Å². The van der Waals surface area contributed by atoms with Crippen LogP contribution in [0.2, 0.25) is 5.02 Å². The summed E-state index contributed by atoms with van der Waals surface area (Å²) >= 11 is 11.6. The summed E-state index contributed by atoms with van der Waals surface area (Å²) < 4.78 is 5.17. The highest BCUT2D eigenvalue weighted by atomic mass is 35.5. The number of likely N-dealkylation sites (tertiary alicyclic amines) is 1. The van der Waals surface area contributed by atoms with Gasteiger partial charge in [-0.2, -0.15) is 0 Å². The summed E-state index contributed by atoms with van der Waals surface area (Å²) in [6.07, 6.45) is 3.20. The Morgan fingerprint density at radius 3 is 2.71 bits per heavy atom. The molecule has 1 heterocycles. The van der Waals surface area contributed by atoms with E-state index in [-0.39, 0.29) is 12.7 Å². The maximum atomic E-state index is 12.3. The SMILES string of the molecule is O=C(OCCCl)N(CN1CCCCC1)c1cccc(Cl)c1. The summed E-state index contributed by atoms with van der Waals surface area (Å²) in [7, 11) is 0. The van der Waals surface area contributed by atoms with Crippen LogP contribution in [-0.4, -0.2) is 43.2 Å². The molecule has 0 saturated carbocycles. The van der Waals surface area contributed by atoms with Gasteiger partial charge in [0, 0.05) is 10.7 Å². The first kappa shape index (κ1) is 16.4. The molecule has 1 amide bonds. The zero-order chi connectivity index (χ0) is 15.1. The van der Waals surface area contributed by atoms with Crippen molar-refractivity contribution < 1.29 is 9.53 Å². The second kappa shape index (κ2) is 8.47. The van der Waals surface area contributed by atoms with Crippen LogP contribution in [0.3, 0.4) is 0 Å². The predicted molar refractivity (Wildman–Crippen MR) is 86.3 cm³/mol. The van der Waals surface area contributed by atoms with Crippen LogP contribution in [0.15, 0.2) is 24.3 Å². The third kappa shape index (κ3) is 5.06. The minimum atomic E-state index is -0.386. The Labute approximate surface area is 135 Å². The third-order valence-corrected chi connectivity index (χ3v) is 3.82. The van der Waals surface area contributed by atoms with Crippen molar-refractivity contribution >= 4 is 35.0 Å². The number of carbonyl (C=O) groups excluding carboxylic acids is 1. The lowest BCUT2D eigenvalue weighted by atomic mass is 10.1. The van der Waals surface area contributed by atoms with Crippen LogP contribution in [-0.2, 0) is 4.74 Å². The molecule has 21 heavy (non-hydrogen) atoms. The van der Waals surface area contributed by atoms with Crippen molar-refractivity contribution in [1.29, 1.82) is 0 Å². The van der Waals surface area contributed by atoms with Crippen LogP contribution in [0.4, 0.5) is 10.5 Å². The van der Waals surface area contributed by atoms with E-state index in [9.17, 15) is 4.79 Å². The number of amides is 1. The molecule has 1 aromatic rings. The van der Waals surface area contributed by atoms with Gasteiger partial charge in [-0.1, -0.05) is 24.1 Å². The highest BCUT2D eigenvalue weighted by Gasteiger charge is 2.21. The topological polar surface area (TPSA) is 32.8 Å². The van der Waals surface area contributed by atoms with Gasteiger partial charge >= 0.3 is 6.09 Å². The zero-order valence-electron chi connectivity index (χ0n) is 11.9. The van der Waals surface area contributed by atoms with Crippen molar-refractivity contribution in [2.45, 2.75) is 19.3 Å². The van der Waals surface area contributed by atoms with Crippen molar-refractivity contribution in [3.8, 4) is 0 Å². The summed E-state index contributed by atoms with van der Waals surface area (Å²) in [6.45, 7) is 2.72. The van der Waals surface area contributed by atoms with Crippen LogP contribution in [0, 0.1) is 0 Å². The van der Waals surface area contributed by atoms with E-state index in [2.05, 4.69) is 4.90 Å². The van der Waals surface area contributed by atoms with Crippen molar-refractivity contribution in [3.05, 3.63) is 29.3 Å². The van der Waals surface area contributed by atoms with Gasteiger partial charge in [-0.05, 0) is 44.1 Å². The number of piperidine rings is 1. The molecule has 1 fully saturated rings. The highest BCUT2D eigenvalue weighted by molar-refractivity contribution is 6.30. The summed E-state index contributed by atoms with van der Waals surface area (Å²) in [5.74, 6) is 0.291. The molecule has 0 N–H and O–H groups in total. The minimum absolute atomic E-state index is 0.206. The van der Waals surface area contributed by atoms with Gasteiger partial charge in [0.15, 0.2) is 0 Å². The lowest BCUT2D eigenvalue weighted by Gasteiger charge is -2.32. The molecule has 1 aromatic carbocycles. The first-order valence-corrected chi connectivity index (χ1v) is 8.10. The minimum Gasteiger partial charge on any atom is -0.448 e. The Hall–Kier alpha value is -0.970. The summed E-state index contributed by atoms with van der Waals surface area (Å²) in [5.41, 5.74) is 0.743. The number of rotatable bonds is 5. The van der Waals surface area contributed by atoms with Gasteiger partial charge in [-0.15, -0.1) is 11.6 Å². The normalized spacial score (nSPS) is 15.7. The van der Waals surface area contributed by atoms with Crippen LogP contribution in [0.5, 0.6) is 0 Å². The Morgan fingerprint density at radius 1 is 1.29 bits per heavy atom. The molecule has 0 bridgehead atoms. The fourth-order valence-corrected chi connectivity index (χ4v) is 2.66. The number of carbonyl (C=O) groups is 1. The number of ether oxygens (including phenoxy) is 1. The second-order valence-corrected chi connectivity index (χ2v) is 5.85. The van der Waals surface area contributed by atoms with E-state index in [4.69, 9.17) is 27.9 Å². The average molecular weight is 331 g/mol. The number of benzene rings is 1. The maximum absolute atomic E-state index is 12.3. The quantitative estimate of drug-likeness (QED) is 0.766. The monoisotopic (exact) mass is 330 g/mol. The van der Waals surface area contributed by atoms with Gasteiger partial charge in [0.25, 0.3) is 0 Å². The van der Waals surface area contributed by atoms with Gasteiger partial charge in [0.1, 0.15) is 6.61 Å². The van der Waals surface area contributed by atoms with Gasteiger partial charge in [0.05, 0.1) is 12.5 Å². The first-order chi connectivity index (χ1) is 10.2. The molecule has 4 nitrogen and oxygen atoms in total. The number of halogens is 2. The molecular weight excluding hydrogens is 311 g/mol. The molecule has 0 radical (unpaired) electrons. The van der Waals surface area contributed by atoms with Gasteiger partial charge in [-0.3, -0.25) is 9.80 Å². The van der Waals surface area contributed by atoms with Crippen LogP contribution >= 0.6 is 23.2 Å². The van der Waals surface area contributed by atoms with Gasteiger partial charge < -0.3 is 4.74 Å². The van der Waals surface area contributed by atoms with E-state index in [0.717, 1.165) is 18.8 Å². The number of hydrogen-bond donors (Lipinski definition) is 0. The number of nitrogens with zero attached hydrogens (tertiary/aromatic N) is 2. The smallest absolute Gasteiger partial charge is 0.415 e. The molecule has 2 rings (SSSR count). The Bertz CT molecular complexity index is 465. The molecule has 0 unspecified atom stereocenters. The summed E-state index contributed by atoms with van der Waals surface area (Å²) in [6, 6.07) is 7.25. The Kier molecular flexibility index (Phi) is 6.61. The van der Waals surface area contributed by atoms with Crippen molar-refractivity contribution in [3.63, 3.8) is 0 Å². The van der Waals surface area contributed by atoms with Crippen LogP contribution in [0.1, 0.15) is 19.3 Å². The summed E-state index contributed by atoms with van der Waals surface area (Å²) in [5, 5.41) is 0.598. The van der Waals surface area contributed by atoms with Crippen molar-refractivity contribution in [2.24, 2.45) is 0 Å². The standard InChI is InChI=1S/C15H20Cl2N2O2/c16-7-10-21-15(20)19(12-18-8-2-1-3-9-18)14-6-4-5-13(17)11-14/h4-6,11H,1-3,7-10,12H2. The molecule has 1 saturated heterocycles. The van der Waals surface area contributed by atoms with E-state index in [1.165, 1.54) is 19.3 Å². The zero-order valence-corrected chi connectivity index (χ0v) is 13.4. The number of anilines is 1. The third-order valence-electron chi connectivity index (χ3n) is 3.43. The van der Waals surface area contributed by atoms with Crippen LogP contribution < -0.4 is 4.90 Å². The van der Waals surface area contributed by atoms with E-state index >= 15 is 0 Å². The molecule has 116 valence electrons. The van der Waals surface area contributed by atoms with Gasteiger partial charge in [-0.25, -0.2) is 4.79 Å². The number of alkyl halides is 1. The average Bonchev–Trinajstić information content (AvgIpc) is 2.51. The molecule has 1 aliphatic heterocycles. The predicted octanol–water partition coefficient (Wildman–Crippen LogP) is 3.97.